The van der Waals surface area contributed by atoms with Gasteiger partial charge in [0.15, 0.2) is 0 Å². The molecule has 0 atom stereocenters. The fourth-order valence-corrected chi connectivity index (χ4v) is 1.19. The van der Waals surface area contributed by atoms with E-state index in [9.17, 15) is 13.2 Å². The van der Waals surface area contributed by atoms with Gasteiger partial charge in [-0.25, -0.2) is 0 Å². The number of alkyl halides is 4. The molecule has 0 heterocycles. The van der Waals surface area contributed by atoms with Crippen LogP contribution in [0.5, 0.6) is 5.75 Å². The molecule has 0 aliphatic heterocycles. The predicted octanol–water partition coefficient (Wildman–Crippen LogP) is 3.37. The lowest BCUT2D eigenvalue weighted by Crippen LogP contribution is -2.17. The number of benzene rings is 1. The zero-order valence-electron chi connectivity index (χ0n) is 7.14. The van der Waals surface area contributed by atoms with Crippen LogP contribution in [0.3, 0.4) is 0 Å². The number of halogens is 4. The Balaban J connectivity index is 2.64. The second-order valence-electron chi connectivity index (χ2n) is 2.63. The lowest BCUT2D eigenvalue weighted by Gasteiger charge is -2.08. The highest BCUT2D eigenvalue weighted by Gasteiger charge is 2.30. The fourth-order valence-electron chi connectivity index (χ4n) is 0.967. The first-order chi connectivity index (χ1) is 6.51. The molecule has 0 unspecified atom stereocenters. The Morgan fingerprint density at radius 3 is 2.14 bits per heavy atom. The lowest BCUT2D eigenvalue weighted by atomic mass is 10.2. The minimum absolute atomic E-state index is 0.212. The third-order valence-corrected chi connectivity index (χ3v) is 1.73. The summed E-state index contributed by atoms with van der Waals surface area (Å²) in [5.41, 5.74) is 0.884. The Bertz CT molecular complexity index is 281. The van der Waals surface area contributed by atoms with Crippen LogP contribution < -0.4 is 4.74 Å². The highest BCUT2D eigenvalue weighted by atomic mass is 35.5. The molecule has 0 N–H and O–H groups in total. The topological polar surface area (TPSA) is 9.23 Å². The fraction of sp³-hybridized carbons (Fsp3) is 0.333. The molecule has 78 valence electrons. The van der Waals surface area contributed by atoms with E-state index in [2.05, 4.69) is 4.74 Å². The molecule has 0 saturated heterocycles. The Morgan fingerprint density at radius 1 is 1.14 bits per heavy atom. The molecule has 0 spiro atoms. The number of ether oxygens (including phenoxy) is 1. The molecule has 0 aliphatic rings. The van der Waals surface area contributed by atoms with E-state index in [-0.39, 0.29) is 5.75 Å². The van der Waals surface area contributed by atoms with Crippen molar-refractivity contribution in [3.05, 3.63) is 29.8 Å². The van der Waals surface area contributed by atoms with Crippen molar-refractivity contribution >= 4 is 11.6 Å². The van der Waals surface area contributed by atoms with E-state index in [0.717, 1.165) is 5.56 Å². The highest BCUT2D eigenvalue weighted by Crippen LogP contribution is 2.22. The van der Waals surface area contributed by atoms with E-state index in [4.69, 9.17) is 11.6 Å². The third kappa shape index (κ3) is 3.87. The third-order valence-electron chi connectivity index (χ3n) is 1.54. The van der Waals surface area contributed by atoms with E-state index in [1.54, 1.807) is 12.1 Å². The predicted molar refractivity (Wildman–Crippen MR) is 47.5 cm³/mol. The molecule has 1 aromatic rings. The standard InChI is InChI=1S/C9H8ClF3O/c10-6-5-7-1-3-8(4-2-7)14-9(11,12)13/h1-4H,5-6H2. The van der Waals surface area contributed by atoms with Crippen LogP contribution >= 0.6 is 11.6 Å². The van der Waals surface area contributed by atoms with E-state index in [0.29, 0.717) is 12.3 Å². The summed E-state index contributed by atoms with van der Waals surface area (Å²) in [4.78, 5) is 0. The van der Waals surface area contributed by atoms with Crippen LogP contribution in [0.1, 0.15) is 5.56 Å². The lowest BCUT2D eigenvalue weighted by molar-refractivity contribution is -0.274. The van der Waals surface area contributed by atoms with Gasteiger partial charge in [0.25, 0.3) is 0 Å². The first-order valence-electron chi connectivity index (χ1n) is 3.92. The summed E-state index contributed by atoms with van der Waals surface area (Å²) in [6, 6.07) is 5.66. The van der Waals surface area contributed by atoms with Crippen LogP contribution in [-0.2, 0) is 6.42 Å². The number of rotatable bonds is 3. The Labute approximate surface area is 84.4 Å². The van der Waals surface area contributed by atoms with Gasteiger partial charge in [0, 0.05) is 5.88 Å². The first-order valence-corrected chi connectivity index (χ1v) is 4.45. The van der Waals surface area contributed by atoms with E-state index >= 15 is 0 Å². The molecule has 0 aromatic heterocycles. The zero-order chi connectivity index (χ0) is 10.6. The van der Waals surface area contributed by atoms with Crippen LogP contribution in [0.15, 0.2) is 24.3 Å². The van der Waals surface area contributed by atoms with Crippen molar-refractivity contribution in [2.45, 2.75) is 12.8 Å². The van der Waals surface area contributed by atoms with Crippen molar-refractivity contribution in [3.63, 3.8) is 0 Å². The summed E-state index contributed by atoms with van der Waals surface area (Å²) in [6.45, 7) is 0. The van der Waals surface area contributed by atoms with Crippen molar-refractivity contribution in [1.82, 2.24) is 0 Å². The molecule has 1 rings (SSSR count). The summed E-state index contributed by atoms with van der Waals surface area (Å²) in [5, 5.41) is 0. The second kappa shape index (κ2) is 4.55. The van der Waals surface area contributed by atoms with Gasteiger partial charge in [-0.2, -0.15) is 0 Å². The number of hydrogen-bond donors (Lipinski definition) is 0. The molecule has 0 bridgehead atoms. The van der Waals surface area contributed by atoms with Gasteiger partial charge in [0.1, 0.15) is 5.75 Å². The molecular weight excluding hydrogens is 217 g/mol. The van der Waals surface area contributed by atoms with E-state index < -0.39 is 6.36 Å². The molecule has 5 heteroatoms. The van der Waals surface area contributed by atoms with Crippen molar-refractivity contribution in [3.8, 4) is 5.75 Å². The summed E-state index contributed by atoms with van der Waals surface area (Å²) < 4.78 is 38.9. The smallest absolute Gasteiger partial charge is 0.406 e. The summed E-state index contributed by atoms with van der Waals surface area (Å²) >= 11 is 5.47. The largest absolute Gasteiger partial charge is 0.573 e. The monoisotopic (exact) mass is 224 g/mol. The zero-order valence-corrected chi connectivity index (χ0v) is 7.90. The van der Waals surface area contributed by atoms with Crippen molar-refractivity contribution in [2.24, 2.45) is 0 Å². The minimum atomic E-state index is -4.63. The van der Waals surface area contributed by atoms with Crippen molar-refractivity contribution < 1.29 is 17.9 Å². The molecule has 0 fully saturated rings. The maximum Gasteiger partial charge on any atom is 0.573 e. The van der Waals surface area contributed by atoms with Crippen LogP contribution in [-0.4, -0.2) is 12.2 Å². The normalized spacial score (nSPS) is 11.4. The van der Waals surface area contributed by atoms with Crippen molar-refractivity contribution in [1.29, 1.82) is 0 Å². The average molecular weight is 225 g/mol. The Morgan fingerprint density at radius 2 is 1.71 bits per heavy atom. The van der Waals surface area contributed by atoms with Gasteiger partial charge in [-0.1, -0.05) is 12.1 Å². The quantitative estimate of drug-likeness (QED) is 0.716. The minimum Gasteiger partial charge on any atom is -0.406 e. The first kappa shape index (κ1) is 11.2. The Hall–Kier alpha value is -0.900. The molecule has 1 nitrogen and oxygen atoms in total. The highest BCUT2D eigenvalue weighted by molar-refractivity contribution is 6.17. The molecular formula is C9H8ClF3O. The molecule has 1 aromatic carbocycles. The van der Waals surface area contributed by atoms with Gasteiger partial charge in [-0.05, 0) is 24.1 Å². The molecule has 0 aliphatic carbocycles. The van der Waals surface area contributed by atoms with Crippen LogP contribution in [0.2, 0.25) is 0 Å². The van der Waals surface area contributed by atoms with Gasteiger partial charge < -0.3 is 4.74 Å². The molecule has 14 heavy (non-hydrogen) atoms. The van der Waals surface area contributed by atoms with Gasteiger partial charge in [0.2, 0.25) is 0 Å². The number of aryl methyl sites for hydroxylation is 1. The molecule has 0 amide bonds. The molecule has 0 radical (unpaired) electrons. The Kier molecular flexibility index (Phi) is 3.63. The van der Waals surface area contributed by atoms with Crippen LogP contribution in [0.4, 0.5) is 13.2 Å². The van der Waals surface area contributed by atoms with Crippen LogP contribution in [0.25, 0.3) is 0 Å². The molecule has 0 saturated carbocycles. The summed E-state index contributed by atoms with van der Waals surface area (Å²) in [5.74, 6) is 0.232. The summed E-state index contributed by atoms with van der Waals surface area (Å²) in [7, 11) is 0. The van der Waals surface area contributed by atoms with Gasteiger partial charge >= 0.3 is 6.36 Å². The average Bonchev–Trinajstić information content (AvgIpc) is 2.06. The van der Waals surface area contributed by atoms with Gasteiger partial charge in [-0.15, -0.1) is 24.8 Å². The van der Waals surface area contributed by atoms with Gasteiger partial charge in [0.05, 0.1) is 0 Å². The second-order valence-corrected chi connectivity index (χ2v) is 3.01. The van der Waals surface area contributed by atoms with Crippen molar-refractivity contribution in [2.75, 3.05) is 5.88 Å². The van der Waals surface area contributed by atoms with E-state index in [1.807, 2.05) is 0 Å². The number of hydrogen-bond acceptors (Lipinski definition) is 1. The SMILES string of the molecule is FC(F)(F)Oc1ccc(CCCl)cc1. The van der Waals surface area contributed by atoms with Gasteiger partial charge in [-0.3, -0.25) is 0 Å². The maximum atomic E-state index is 11.7. The van der Waals surface area contributed by atoms with E-state index in [1.165, 1.54) is 12.1 Å². The van der Waals surface area contributed by atoms with Crippen LogP contribution in [0, 0.1) is 0 Å². The summed E-state index contributed by atoms with van der Waals surface area (Å²) in [6.07, 6.45) is -4.00. The maximum absolute atomic E-state index is 11.7.